The highest BCUT2D eigenvalue weighted by Crippen LogP contribution is 2.18. The number of carbonyl (C=O) groups is 2. The second kappa shape index (κ2) is 8.64. The normalized spacial score (nSPS) is 10.1. The number of benzene rings is 3. The molecule has 0 aliphatic rings. The first-order chi connectivity index (χ1) is 13.2. The maximum Gasteiger partial charge on any atom is 0.274 e. The van der Waals surface area contributed by atoms with Crippen molar-refractivity contribution in [2.45, 2.75) is 6.61 Å². The number of rotatable bonds is 6. The molecule has 3 rings (SSSR count). The lowest BCUT2D eigenvalue weighted by atomic mass is 10.1. The van der Waals surface area contributed by atoms with Crippen molar-refractivity contribution in [2.75, 3.05) is 5.32 Å². The van der Waals surface area contributed by atoms with Gasteiger partial charge in [-0.3, -0.25) is 14.8 Å². The van der Waals surface area contributed by atoms with E-state index in [0.717, 1.165) is 5.56 Å². The molecule has 0 atom stereocenters. The molecule has 0 saturated heterocycles. The number of hydroxylamine groups is 1. The van der Waals surface area contributed by atoms with Crippen LogP contribution in [0.15, 0.2) is 78.9 Å². The van der Waals surface area contributed by atoms with Crippen LogP contribution in [0.2, 0.25) is 0 Å². The van der Waals surface area contributed by atoms with Crippen LogP contribution in [0.1, 0.15) is 26.3 Å². The quantitative estimate of drug-likeness (QED) is 0.461. The number of ether oxygens (including phenoxy) is 1. The molecule has 6 heteroatoms. The molecule has 27 heavy (non-hydrogen) atoms. The summed E-state index contributed by atoms with van der Waals surface area (Å²) in [5.74, 6) is -0.0724. The largest absolute Gasteiger partial charge is 0.489 e. The molecule has 0 aromatic heterocycles. The van der Waals surface area contributed by atoms with E-state index in [-0.39, 0.29) is 5.91 Å². The van der Waals surface area contributed by atoms with Crippen LogP contribution < -0.4 is 15.5 Å². The topological polar surface area (TPSA) is 87.7 Å². The van der Waals surface area contributed by atoms with Crippen LogP contribution in [0, 0.1) is 0 Å². The monoisotopic (exact) mass is 362 g/mol. The van der Waals surface area contributed by atoms with E-state index in [2.05, 4.69) is 5.32 Å². The highest BCUT2D eigenvalue weighted by atomic mass is 16.5. The van der Waals surface area contributed by atoms with Crippen LogP contribution in [-0.4, -0.2) is 17.0 Å². The van der Waals surface area contributed by atoms with E-state index in [1.165, 1.54) is 0 Å². The predicted octanol–water partition coefficient (Wildman–Crippen LogP) is 3.64. The number of amides is 2. The van der Waals surface area contributed by atoms with Crippen LogP contribution in [0.3, 0.4) is 0 Å². The van der Waals surface area contributed by atoms with E-state index in [1.54, 1.807) is 66.1 Å². The Morgan fingerprint density at radius 2 is 1.41 bits per heavy atom. The van der Waals surface area contributed by atoms with Crippen molar-refractivity contribution in [3.63, 3.8) is 0 Å². The Morgan fingerprint density at radius 3 is 2.04 bits per heavy atom. The average molecular weight is 362 g/mol. The maximum atomic E-state index is 12.1. The van der Waals surface area contributed by atoms with Gasteiger partial charge in [0.2, 0.25) is 0 Å². The van der Waals surface area contributed by atoms with Crippen molar-refractivity contribution in [2.24, 2.45) is 0 Å². The molecule has 0 radical (unpaired) electrons. The van der Waals surface area contributed by atoms with Crippen molar-refractivity contribution in [1.82, 2.24) is 5.48 Å². The van der Waals surface area contributed by atoms with Gasteiger partial charge in [-0.2, -0.15) is 0 Å². The summed E-state index contributed by atoms with van der Waals surface area (Å²) in [6.07, 6.45) is 0. The lowest BCUT2D eigenvalue weighted by molar-refractivity contribution is 0.0706. The Kier molecular flexibility index (Phi) is 5.81. The zero-order chi connectivity index (χ0) is 19.1. The standard InChI is InChI=1S/C21H18N2O4/c24-20(16-4-2-1-3-5-16)22-18-10-12-19(13-11-18)27-14-15-6-8-17(9-7-15)21(25)23-26/h1-13,26H,14H2,(H,22,24)(H,23,25). The summed E-state index contributed by atoms with van der Waals surface area (Å²) in [5, 5.41) is 11.4. The Morgan fingerprint density at radius 1 is 0.778 bits per heavy atom. The highest BCUT2D eigenvalue weighted by molar-refractivity contribution is 6.04. The fraction of sp³-hybridized carbons (Fsp3) is 0.0476. The van der Waals surface area contributed by atoms with Crippen LogP contribution >= 0.6 is 0 Å². The molecule has 2 amide bonds. The van der Waals surface area contributed by atoms with Gasteiger partial charge < -0.3 is 10.1 Å². The second-order valence-corrected chi connectivity index (χ2v) is 5.77. The first-order valence-corrected chi connectivity index (χ1v) is 8.28. The van der Waals surface area contributed by atoms with E-state index >= 15 is 0 Å². The van der Waals surface area contributed by atoms with Gasteiger partial charge in [0.1, 0.15) is 12.4 Å². The van der Waals surface area contributed by atoms with E-state index in [9.17, 15) is 9.59 Å². The summed E-state index contributed by atoms with van der Waals surface area (Å²) < 4.78 is 5.70. The van der Waals surface area contributed by atoms with Gasteiger partial charge >= 0.3 is 0 Å². The minimum absolute atomic E-state index is 0.170. The molecule has 3 N–H and O–H groups in total. The molecule has 3 aromatic carbocycles. The first kappa shape index (κ1) is 18.2. The van der Waals surface area contributed by atoms with E-state index in [0.29, 0.717) is 29.2 Å². The maximum absolute atomic E-state index is 12.1. The van der Waals surface area contributed by atoms with Gasteiger partial charge in [-0.25, -0.2) is 5.48 Å². The minimum atomic E-state index is -0.560. The molecule has 6 nitrogen and oxygen atoms in total. The summed E-state index contributed by atoms with van der Waals surface area (Å²) in [4.78, 5) is 23.4. The molecule has 3 aromatic rings. The minimum Gasteiger partial charge on any atom is -0.489 e. The van der Waals surface area contributed by atoms with Gasteiger partial charge in [-0.1, -0.05) is 30.3 Å². The molecule has 0 aliphatic heterocycles. The number of hydrogen-bond donors (Lipinski definition) is 3. The van der Waals surface area contributed by atoms with Gasteiger partial charge in [-0.15, -0.1) is 0 Å². The molecule has 0 bridgehead atoms. The van der Waals surface area contributed by atoms with Crippen LogP contribution in [0.25, 0.3) is 0 Å². The van der Waals surface area contributed by atoms with Crippen LogP contribution in [-0.2, 0) is 6.61 Å². The number of carbonyl (C=O) groups excluding carboxylic acids is 2. The Hall–Kier alpha value is -3.64. The summed E-state index contributed by atoms with van der Waals surface area (Å²) in [5.41, 5.74) is 4.10. The molecule has 0 fully saturated rings. The Labute approximate surface area is 156 Å². The van der Waals surface area contributed by atoms with E-state index < -0.39 is 5.91 Å². The predicted molar refractivity (Wildman–Crippen MR) is 101 cm³/mol. The fourth-order valence-corrected chi connectivity index (χ4v) is 2.41. The van der Waals surface area contributed by atoms with Gasteiger partial charge in [0.25, 0.3) is 11.8 Å². The zero-order valence-electron chi connectivity index (χ0n) is 14.4. The van der Waals surface area contributed by atoms with E-state index in [1.807, 2.05) is 18.2 Å². The SMILES string of the molecule is O=C(NO)c1ccc(COc2ccc(NC(=O)c3ccccc3)cc2)cc1. The average Bonchev–Trinajstić information content (AvgIpc) is 2.73. The molecular formula is C21H18N2O4. The molecule has 0 unspecified atom stereocenters. The van der Waals surface area contributed by atoms with Crippen LogP contribution in [0.5, 0.6) is 5.75 Å². The van der Waals surface area contributed by atoms with Gasteiger partial charge in [-0.05, 0) is 54.1 Å². The van der Waals surface area contributed by atoms with E-state index in [4.69, 9.17) is 9.94 Å². The summed E-state index contributed by atoms with van der Waals surface area (Å²) in [6, 6.07) is 22.8. The number of hydrogen-bond acceptors (Lipinski definition) is 4. The number of nitrogens with one attached hydrogen (secondary N) is 2. The molecule has 0 saturated carbocycles. The first-order valence-electron chi connectivity index (χ1n) is 8.28. The smallest absolute Gasteiger partial charge is 0.274 e. The van der Waals surface area contributed by atoms with Crippen molar-refractivity contribution in [3.05, 3.63) is 95.6 Å². The second-order valence-electron chi connectivity index (χ2n) is 5.77. The molecule has 0 heterocycles. The molecule has 0 aliphatic carbocycles. The summed E-state index contributed by atoms with van der Waals surface area (Å²) in [7, 11) is 0. The molecule has 136 valence electrons. The van der Waals surface area contributed by atoms with Gasteiger partial charge in [0, 0.05) is 16.8 Å². The molecular weight excluding hydrogens is 344 g/mol. The Balaban J connectivity index is 1.55. The molecule has 0 spiro atoms. The van der Waals surface area contributed by atoms with Crippen molar-refractivity contribution in [1.29, 1.82) is 0 Å². The summed E-state index contributed by atoms with van der Waals surface area (Å²) in [6.45, 7) is 0.330. The highest BCUT2D eigenvalue weighted by Gasteiger charge is 2.06. The van der Waals surface area contributed by atoms with Crippen molar-refractivity contribution >= 4 is 17.5 Å². The summed E-state index contributed by atoms with van der Waals surface area (Å²) >= 11 is 0. The third kappa shape index (κ3) is 4.93. The fourth-order valence-electron chi connectivity index (χ4n) is 2.41. The Bertz CT molecular complexity index is 907. The van der Waals surface area contributed by atoms with Gasteiger partial charge in [0.15, 0.2) is 0 Å². The zero-order valence-corrected chi connectivity index (χ0v) is 14.4. The lowest BCUT2D eigenvalue weighted by Crippen LogP contribution is -2.18. The number of anilines is 1. The third-order valence-corrected chi connectivity index (χ3v) is 3.87. The van der Waals surface area contributed by atoms with Crippen molar-refractivity contribution < 1.29 is 19.5 Å². The lowest BCUT2D eigenvalue weighted by Gasteiger charge is -2.09. The van der Waals surface area contributed by atoms with Crippen LogP contribution in [0.4, 0.5) is 5.69 Å². The van der Waals surface area contributed by atoms with Gasteiger partial charge in [0.05, 0.1) is 0 Å². The van der Waals surface area contributed by atoms with Crippen molar-refractivity contribution in [3.8, 4) is 5.75 Å². The third-order valence-electron chi connectivity index (χ3n) is 3.87.